The van der Waals surface area contributed by atoms with Crippen LogP contribution >= 0.6 is 23.2 Å². The number of hydrogen-bond donors (Lipinski definition) is 1. The van der Waals surface area contributed by atoms with E-state index in [1.165, 1.54) is 13.0 Å². The van der Waals surface area contributed by atoms with Gasteiger partial charge in [0.05, 0.1) is 5.02 Å². The number of likely N-dealkylation sites (tertiary alicyclic amines) is 1. The summed E-state index contributed by atoms with van der Waals surface area (Å²) in [6.45, 7) is 2.55. The Balaban J connectivity index is 2.12. The number of amides is 2. The van der Waals surface area contributed by atoms with Crippen molar-refractivity contribution in [3.8, 4) is 0 Å². The number of nitrogens with zero attached hydrogens (tertiary/aromatic N) is 2. The monoisotopic (exact) mass is 315 g/mol. The number of carbonyl (C=O) groups is 2. The van der Waals surface area contributed by atoms with Crippen LogP contribution in [0, 0.1) is 0 Å². The van der Waals surface area contributed by atoms with E-state index in [9.17, 15) is 9.59 Å². The molecule has 1 aromatic heterocycles. The van der Waals surface area contributed by atoms with Gasteiger partial charge in [0, 0.05) is 26.1 Å². The number of carbonyl (C=O) groups excluding carboxylic acids is 2. The summed E-state index contributed by atoms with van der Waals surface area (Å²) in [5.74, 6) is -0.351. The van der Waals surface area contributed by atoms with E-state index in [-0.39, 0.29) is 33.7 Å². The summed E-state index contributed by atoms with van der Waals surface area (Å²) in [5.41, 5.74) is 0.155. The zero-order valence-electron chi connectivity index (χ0n) is 11.0. The van der Waals surface area contributed by atoms with E-state index >= 15 is 0 Å². The highest BCUT2D eigenvalue weighted by molar-refractivity contribution is 6.34. The summed E-state index contributed by atoms with van der Waals surface area (Å²) in [7, 11) is 0. The summed E-state index contributed by atoms with van der Waals surface area (Å²) in [6, 6.07) is 3.07. The maximum absolute atomic E-state index is 12.4. The zero-order valence-corrected chi connectivity index (χ0v) is 12.5. The van der Waals surface area contributed by atoms with Crippen LogP contribution in [-0.2, 0) is 4.79 Å². The maximum Gasteiger partial charge on any atom is 0.274 e. The van der Waals surface area contributed by atoms with Crippen LogP contribution in [0.15, 0.2) is 12.1 Å². The largest absolute Gasteiger partial charge is 0.352 e. The number of rotatable bonds is 2. The van der Waals surface area contributed by atoms with E-state index in [2.05, 4.69) is 10.3 Å². The Morgan fingerprint density at radius 2 is 2.15 bits per heavy atom. The highest BCUT2D eigenvalue weighted by atomic mass is 35.5. The molecule has 0 aromatic carbocycles. The molecular formula is C13H15Cl2N3O2. The van der Waals surface area contributed by atoms with Crippen molar-refractivity contribution in [2.75, 3.05) is 13.1 Å². The van der Waals surface area contributed by atoms with Crippen molar-refractivity contribution in [1.82, 2.24) is 15.2 Å². The molecule has 1 aromatic rings. The maximum atomic E-state index is 12.4. The average Bonchev–Trinajstić information content (AvgIpc) is 2.40. The normalized spacial score (nSPS) is 18.8. The van der Waals surface area contributed by atoms with Crippen LogP contribution in [0.1, 0.15) is 30.3 Å². The third kappa shape index (κ3) is 3.61. The molecule has 108 valence electrons. The minimum absolute atomic E-state index is 0.0249. The van der Waals surface area contributed by atoms with Crippen molar-refractivity contribution in [2.45, 2.75) is 25.8 Å². The van der Waals surface area contributed by atoms with Gasteiger partial charge in [-0.15, -0.1) is 0 Å². The van der Waals surface area contributed by atoms with Gasteiger partial charge in [-0.05, 0) is 25.0 Å². The van der Waals surface area contributed by atoms with Crippen LogP contribution in [0.4, 0.5) is 0 Å². The fourth-order valence-corrected chi connectivity index (χ4v) is 2.62. The van der Waals surface area contributed by atoms with E-state index in [4.69, 9.17) is 23.2 Å². The minimum Gasteiger partial charge on any atom is -0.352 e. The molecule has 0 radical (unpaired) electrons. The van der Waals surface area contributed by atoms with Crippen LogP contribution < -0.4 is 5.32 Å². The molecule has 2 amide bonds. The lowest BCUT2D eigenvalue weighted by Crippen LogP contribution is -2.49. The van der Waals surface area contributed by atoms with Crippen molar-refractivity contribution in [1.29, 1.82) is 0 Å². The summed E-state index contributed by atoms with van der Waals surface area (Å²) in [6.07, 6.45) is 1.69. The van der Waals surface area contributed by atoms with Gasteiger partial charge in [-0.3, -0.25) is 9.59 Å². The van der Waals surface area contributed by atoms with Crippen LogP contribution in [0.3, 0.4) is 0 Å². The Morgan fingerprint density at radius 3 is 2.85 bits per heavy atom. The van der Waals surface area contributed by atoms with Gasteiger partial charge in [-0.25, -0.2) is 4.98 Å². The van der Waals surface area contributed by atoms with Crippen LogP contribution in [0.2, 0.25) is 10.2 Å². The van der Waals surface area contributed by atoms with Gasteiger partial charge >= 0.3 is 0 Å². The Kier molecular flexibility index (Phi) is 4.83. The second-order valence-corrected chi connectivity index (χ2v) is 5.55. The minimum atomic E-state index is -0.257. The average molecular weight is 316 g/mol. The molecule has 1 N–H and O–H groups in total. The van der Waals surface area contributed by atoms with E-state index in [1.54, 1.807) is 11.0 Å². The van der Waals surface area contributed by atoms with E-state index in [0.29, 0.717) is 13.1 Å². The number of halogens is 2. The molecule has 5 nitrogen and oxygen atoms in total. The summed E-state index contributed by atoms with van der Waals surface area (Å²) >= 11 is 11.8. The Hall–Kier alpha value is -1.33. The lowest BCUT2D eigenvalue weighted by molar-refractivity contribution is -0.120. The predicted octanol–water partition coefficient (Wildman–Crippen LogP) is 2.13. The molecule has 1 aliphatic heterocycles. The quantitative estimate of drug-likeness (QED) is 0.850. The molecule has 0 spiro atoms. The molecule has 2 rings (SSSR count). The Morgan fingerprint density at radius 1 is 1.40 bits per heavy atom. The number of nitrogens with one attached hydrogen (secondary N) is 1. The molecule has 1 unspecified atom stereocenters. The molecular weight excluding hydrogens is 301 g/mol. The molecule has 1 fully saturated rings. The fraction of sp³-hybridized carbons (Fsp3) is 0.462. The van der Waals surface area contributed by atoms with Gasteiger partial charge in [0.15, 0.2) is 0 Å². The molecule has 0 bridgehead atoms. The van der Waals surface area contributed by atoms with Gasteiger partial charge in [0.2, 0.25) is 5.91 Å². The van der Waals surface area contributed by atoms with Crippen molar-refractivity contribution in [2.24, 2.45) is 0 Å². The molecule has 1 atom stereocenters. The standard InChI is InChI=1S/C13H15Cl2N3O2/c1-8(19)16-9-3-2-6-18(7-9)13(20)12-10(14)4-5-11(15)17-12/h4-5,9H,2-3,6-7H2,1H3,(H,16,19). The third-order valence-corrected chi connectivity index (χ3v) is 3.65. The first-order valence-corrected chi connectivity index (χ1v) is 7.11. The van der Waals surface area contributed by atoms with Crippen molar-refractivity contribution in [3.05, 3.63) is 28.0 Å². The first-order valence-electron chi connectivity index (χ1n) is 6.36. The van der Waals surface area contributed by atoms with Gasteiger partial charge < -0.3 is 10.2 Å². The number of hydrogen-bond acceptors (Lipinski definition) is 3. The molecule has 20 heavy (non-hydrogen) atoms. The number of pyridine rings is 1. The highest BCUT2D eigenvalue weighted by Gasteiger charge is 2.27. The predicted molar refractivity (Wildman–Crippen MR) is 77.0 cm³/mol. The van der Waals surface area contributed by atoms with Crippen molar-refractivity contribution in [3.63, 3.8) is 0 Å². The molecule has 7 heteroatoms. The lowest BCUT2D eigenvalue weighted by Gasteiger charge is -2.32. The van der Waals surface area contributed by atoms with Gasteiger partial charge in [-0.2, -0.15) is 0 Å². The molecule has 0 aliphatic carbocycles. The second-order valence-electron chi connectivity index (χ2n) is 4.76. The number of piperidine rings is 1. The Labute approximate surface area is 127 Å². The first kappa shape index (κ1) is 15.1. The molecule has 2 heterocycles. The van der Waals surface area contributed by atoms with E-state index < -0.39 is 0 Å². The SMILES string of the molecule is CC(=O)NC1CCCN(C(=O)c2nc(Cl)ccc2Cl)C1. The first-order chi connectivity index (χ1) is 9.47. The van der Waals surface area contributed by atoms with Gasteiger partial charge in [-0.1, -0.05) is 23.2 Å². The van der Waals surface area contributed by atoms with Crippen molar-refractivity contribution >= 4 is 35.0 Å². The smallest absolute Gasteiger partial charge is 0.274 e. The van der Waals surface area contributed by atoms with Crippen molar-refractivity contribution < 1.29 is 9.59 Å². The molecule has 0 saturated carbocycles. The summed E-state index contributed by atoms with van der Waals surface area (Å²) in [4.78, 5) is 29.1. The highest BCUT2D eigenvalue weighted by Crippen LogP contribution is 2.20. The molecule has 1 saturated heterocycles. The third-order valence-electron chi connectivity index (χ3n) is 3.13. The number of aromatic nitrogens is 1. The van der Waals surface area contributed by atoms with Gasteiger partial charge in [0.25, 0.3) is 5.91 Å². The summed E-state index contributed by atoms with van der Waals surface area (Å²) in [5, 5.41) is 3.34. The molecule has 1 aliphatic rings. The van der Waals surface area contributed by atoms with E-state index in [0.717, 1.165) is 12.8 Å². The van der Waals surface area contributed by atoms with E-state index in [1.807, 2.05) is 0 Å². The second kappa shape index (κ2) is 6.41. The lowest BCUT2D eigenvalue weighted by atomic mass is 10.1. The summed E-state index contributed by atoms with van der Waals surface area (Å²) < 4.78 is 0. The fourth-order valence-electron chi connectivity index (χ4n) is 2.28. The van der Waals surface area contributed by atoms with Crippen LogP contribution in [0.25, 0.3) is 0 Å². The zero-order chi connectivity index (χ0) is 14.7. The Bertz CT molecular complexity index is 536. The van der Waals surface area contributed by atoms with Crippen LogP contribution in [-0.4, -0.2) is 40.8 Å². The van der Waals surface area contributed by atoms with Crippen LogP contribution in [0.5, 0.6) is 0 Å². The van der Waals surface area contributed by atoms with Gasteiger partial charge in [0.1, 0.15) is 10.8 Å². The topological polar surface area (TPSA) is 62.3 Å².